The Morgan fingerprint density at radius 2 is 2.11 bits per heavy atom. The lowest BCUT2D eigenvalue weighted by Crippen LogP contribution is -2.11. The molecule has 19 heavy (non-hydrogen) atoms. The van der Waals surface area contributed by atoms with Crippen LogP contribution in [0.15, 0.2) is 42.6 Å². The summed E-state index contributed by atoms with van der Waals surface area (Å²) in [6.07, 6.45) is 1.95. The fourth-order valence-electron chi connectivity index (χ4n) is 1.66. The number of aliphatic hydroxyl groups is 1. The van der Waals surface area contributed by atoms with Crippen LogP contribution in [0.25, 0.3) is 0 Å². The lowest BCUT2D eigenvalue weighted by atomic mass is 10.1. The van der Waals surface area contributed by atoms with Crippen molar-refractivity contribution in [2.45, 2.75) is 6.42 Å². The molecule has 0 aliphatic carbocycles. The number of primary amides is 1. The Kier molecular flexibility index (Phi) is 4.10. The van der Waals surface area contributed by atoms with Gasteiger partial charge in [-0.1, -0.05) is 18.2 Å². The molecule has 5 heteroatoms. The summed E-state index contributed by atoms with van der Waals surface area (Å²) in [6, 6.07) is 10.3. The highest BCUT2D eigenvalue weighted by molar-refractivity contribution is 5.92. The molecule has 0 bridgehead atoms. The van der Waals surface area contributed by atoms with Crippen molar-refractivity contribution in [3.63, 3.8) is 0 Å². The van der Waals surface area contributed by atoms with Gasteiger partial charge in [0.15, 0.2) is 0 Å². The molecule has 1 aromatic carbocycles. The van der Waals surface area contributed by atoms with Crippen LogP contribution in [0.1, 0.15) is 15.9 Å². The van der Waals surface area contributed by atoms with Gasteiger partial charge in [0, 0.05) is 24.4 Å². The van der Waals surface area contributed by atoms with Gasteiger partial charge in [0.1, 0.15) is 5.75 Å². The van der Waals surface area contributed by atoms with Crippen LogP contribution in [0.5, 0.6) is 11.6 Å². The van der Waals surface area contributed by atoms with E-state index < -0.39 is 5.91 Å². The molecule has 3 N–H and O–H groups in total. The van der Waals surface area contributed by atoms with Gasteiger partial charge in [0.2, 0.25) is 11.8 Å². The van der Waals surface area contributed by atoms with Gasteiger partial charge in [-0.3, -0.25) is 4.79 Å². The van der Waals surface area contributed by atoms with Crippen LogP contribution in [0.3, 0.4) is 0 Å². The van der Waals surface area contributed by atoms with E-state index in [4.69, 9.17) is 15.6 Å². The van der Waals surface area contributed by atoms with Crippen LogP contribution >= 0.6 is 0 Å². The van der Waals surface area contributed by atoms with Crippen molar-refractivity contribution in [2.24, 2.45) is 5.73 Å². The van der Waals surface area contributed by atoms with E-state index in [1.165, 1.54) is 18.3 Å². The summed E-state index contributed by atoms with van der Waals surface area (Å²) in [6.45, 7) is 0.0368. The molecule has 0 unspecified atom stereocenters. The molecule has 1 aromatic heterocycles. The summed E-state index contributed by atoms with van der Waals surface area (Å²) < 4.78 is 5.62. The molecular weight excluding hydrogens is 244 g/mol. The minimum absolute atomic E-state index is 0.0368. The normalized spacial score (nSPS) is 10.2. The Bertz CT molecular complexity index is 584. The number of aliphatic hydroxyl groups excluding tert-OH is 1. The number of rotatable bonds is 5. The topological polar surface area (TPSA) is 85.4 Å². The molecule has 5 nitrogen and oxygen atoms in total. The highest BCUT2D eigenvalue weighted by atomic mass is 16.5. The van der Waals surface area contributed by atoms with E-state index in [0.29, 0.717) is 23.6 Å². The quantitative estimate of drug-likeness (QED) is 0.851. The van der Waals surface area contributed by atoms with E-state index >= 15 is 0 Å². The van der Waals surface area contributed by atoms with Crippen LogP contribution in [-0.4, -0.2) is 22.6 Å². The second kappa shape index (κ2) is 5.97. The summed E-state index contributed by atoms with van der Waals surface area (Å²) in [5, 5.41) is 8.99. The largest absolute Gasteiger partial charge is 0.439 e. The highest BCUT2D eigenvalue weighted by Gasteiger charge is 2.07. The van der Waals surface area contributed by atoms with Gasteiger partial charge in [-0.25, -0.2) is 4.98 Å². The fourth-order valence-corrected chi connectivity index (χ4v) is 1.66. The third kappa shape index (κ3) is 3.29. The van der Waals surface area contributed by atoms with Crippen LogP contribution < -0.4 is 10.5 Å². The Hall–Kier alpha value is -2.40. The molecule has 0 spiro atoms. The first-order chi connectivity index (χ1) is 9.20. The zero-order chi connectivity index (χ0) is 13.7. The van der Waals surface area contributed by atoms with Gasteiger partial charge < -0.3 is 15.6 Å². The molecule has 0 radical (unpaired) electrons. The molecule has 2 rings (SSSR count). The van der Waals surface area contributed by atoms with Gasteiger partial charge in [0.05, 0.1) is 0 Å². The van der Waals surface area contributed by atoms with Crippen LogP contribution in [0, 0.1) is 0 Å². The molecule has 0 aliphatic heterocycles. The Morgan fingerprint density at radius 3 is 2.84 bits per heavy atom. The maximum atomic E-state index is 11.1. The first kappa shape index (κ1) is 13.0. The Morgan fingerprint density at radius 1 is 1.32 bits per heavy atom. The Balaban J connectivity index is 2.26. The molecule has 1 amide bonds. The van der Waals surface area contributed by atoms with Crippen molar-refractivity contribution in [3.8, 4) is 11.6 Å². The third-order valence-electron chi connectivity index (χ3n) is 2.59. The number of pyridine rings is 1. The zero-order valence-corrected chi connectivity index (χ0v) is 10.2. The van der Waals surface area contributed by atoms with E-state index in [-0.39, 0.29) is 6.61 Å². The molecule has 1 heterocycles. The number of ether oxygens (including phenoxy) is 1. The maximum absolute atomic E-state index is 11.1. The lowest BCUT2D eigenvalue weighted by Gasteiger charge is -2.09. The molecule has 98 valence electrons. The van der Waals surface area contributed by atoms with E-state index in [0.717, 1.165) is 5.56 Å². The Labute approximate surface area is 110 Å². The van der Waals surface area contributed by atoms with E-state index in [1.54, 1.807) is 6.07 Å². The summed E-state index contributed by atoms with van der Waals surface area (Å²) in [7, 11) is 0. The number of nitrogens with two attached hydrogens (primary N) is 1. The number of hydrogen-bond acceptors (Lipinski definition) is 4. The van der Waals surface area contributed by atoms with Crippen molar-refractivity contribution in [2.75, 3.05) is 6.61 Å². The summed E-state index contributed by atoms with van der Waals surface area (Å²) in [5.41, 5.74) is 6.41. The van der Waals surface area contributed by atoms with Gasteiger partial charge in [-0.15, -0.1) is 0 Å². The average molecular weight is 258 g/mol. The van der Waals surface area contributed by atoms with Gasteiger partial charge in [-0.2, -0.15) is 0 Å². The zero-order valence-electron chi connectivity index (χ0n) is 10.2. The van der Waals surface area contributed by atoms with Crippen molar-refractivity contribution in [1.82, 2.24) is 4.98 Å². The second-order valence-corrected chi connectivity index (χ2v) is 3.93. The third-order valence-corrected chi connectivity index (χ3v) is 2.59. The minimum Gasteiger partial charge on any atom is -0.439 e. The SMILES string of the molecule is NC(=O)c1ccnc(Oc2ccccc2CCO)c1. The van der Waals surface area contributed by atoms with Crippen molar-refractivity contribution >= 4 is 5.91 Å². The first-order valence-electron chi connectivity index (χ1n) is 5.83. The van der Waals surface area contributed by atoms with E-state index in [9.17, 15) is 4.79 Å². The number of hydrogen-bond donors (Lipinski definition) is 2. The predicted molar refractivity (Wildman–Crippen MR) is 70.1 cm³/mol. The summed E-state index contributed by atoms with van der Waals surface area (Å²) in [4.78, 5) is 15.1. The van der Waals surface area contributed by atoms with Crippen molar-refractivity contribution in [1.29, 1.82) is 0 Å². The number of aromatic nitrogens is 1. The molecule has 0 atom stereocenters. The van der Waals surface area contributed by atoms with Crippen molar-refractivity contribution in [3.05, 3.63) is 53.7 Å². The monoisotopic (exact) mass is 258 g/mol. The van der Waals surface area contributed by atoms with E-state index in [1.807, 2.05) is 18.2 Å². The lowest BCUT2D eigenvalue weighted by molar-refractivity contribution is 0.1000. The number of amides is 1. The number of carbonyl (C=O) groups excluding carboxylic acids is 1. The molecule has 2 aromatic rings. The summed E-state index contributed by atoms with van der Waals surface area (Å²) in [5.74, 6) is 0.364. The van der Waals surface area contributed by atoms with Crippen LogP contribution in [0.4, 0.5) is 0 Å². The molecule has 0 fully saturated rings. The molecule has 0 saturated carbocycles. The van der Waals surface area contributed by atoms with Crippen LogP contribution in [-0.2, 0) is 6.42 Å². The molecular formula is C14H14N2O3. The van der Waals surface area contributed by atoms with E-state index in [2.05, 4.69) is 4.98 Å². The smallest absolute Gasteiger partial charge is 0.248 e. The molecule has 0 aliphatic rings. The number of nitrogens with zero attached hydrogens (tertiary/aromatic N) is 1. The van der Waals surface area contributed by atoms with Gasteiger partial charge >= 0.3 is 0 Å². The number of benzene rings is 1. The maximum Gasteiger partial charge on any atom is 0.248 e. The summed E-state index contributed by atoms with van der Waals surface area (Å²) >= 11 is 0. The van der Waals surface area contributed by atoms with Crippen LogP contribution in [0.2, 0.25) is 0 Å². The fraction of sp³-hybridized carbons (Fsp3) is 0.143. The first-order valence-corrected chi connectivity index (χ1v) is 5.83. The standard InChI is InChI=1S/C14H14N2O3/c15-14(18)11-5-7-16-13(9-11)19-12-4-2-1-3-10(12)6-8-17/h1-5,7,9,17H,6,8H2,(H2,15,18). The molecule has 0 saturated heterocycles. The second-order valence-electron chi connectivity index (χ2n) is 3.93. The number of carbonyl (C=O) groups is 1. The van der Waals surface area contributed by atoms with Gasteiger partial charge in [-0.05, 0) is 24.1 Å². The predicted octanol–water partition coefficient (Wildman–Crippen LogP) is 1.51. The number of para-hydroxylation sites is 1. The van der Waals surface area contributed by atoms with Crippen molar-refractivity contribution < 1.29 is 14.6 Å². The van der Waals surface area contributed by atoms with Gasteiger partial charge in [0.25, 0.3) is 0 Å². The minimum atomic E-state index is -0.532. The highest BCUT2D eigenvalue weighted by Crippen LogP contribution is 2.24. The average Bonchev–Trinajstić information content (AvgIpc) is 2.41.